The molecule has 0 saturated carbocycles. The molecule has 3 nitrogen and oxygen atoms in total. The fourth-order valence-electron chi connectivity index (χ4n) is 3.37. The van der Waals surface area contributed by atoms with Gasteiger partial charge in [0.25, 0.3) is 0 Å². The summed E-state index contributed by atoms with van der Waals surface area (Å²) in [5.74, 6) is 1.25. The lowest BCUT2D eigenvalue weighted by atomic mass is 10.1. The molecular formula is C19H22N3+. The number of nitrogens with zero attached hydrogens (tertiary/aromatic N) is 2. The van der Waals surface area contributed by atoms with E-state index >= 15 is 0 Å². The zero-order valence-corrected chi connectivity index (χ0v) is 13.3. The highest BCUT2D eigenvalue weighted by Gasteiger charge is 2.26. The number of hydrogen-bond acceptors (Lipinski definition) is 1. The van der Waals surface area contributed by atoms with Crippen LogP contribution in [0.25, 0.3) is 11.0 Å². The fourth-order valence-corrected chi connectivity index (χ4v) is 3.37. The number of rotatable bonds is 2. The summed E-state index contributed by atoms with van der Waals surface area (Å²) >= 11 is 0. The van der Waals surface area contributed by atoms with Gasteiger partial charge in [0.1, 0.15) is 11.0 Å². The van der Waals surface area contributed by atoms with Crippen LogP contribution in [0.2, 0.25) is 0 Å². The topological polar surface area (TPSA) is 20.8 Å². The number of fused-ring (bicyclic) bond motifs is 3. The van der Waals surface area contributed by atoms with Crippen molar-refractivity contribution < 1.29 is 4.57 Å². The van der Waals surface area contributed by atoms with Crippen molar-refractivity contribution in [3.05, 3.63) is 59.2 Å². The first-order valence-electron chi connectivity index (χ1n) is 8.05. The molecule has 1 aromatic heterocycles. The van der Waals surface area contributed by atoms with Gasteiger partial charge in [-0.3, -0.25) is 5.32 Å². The number of hydrogen-bond donors (Lipinski definition) is 1. The third kappa shape index (κ3) is 2.08. The van der Waals surface area contributed by atoms with E-state index in [9.17, 15) is 0 Å². The molecule has 1 N–H and O–H groups in total. The molecule has 112 valence electrons. The van der Waals surface area contributed by atoms with Gasteiger partial charge in [-0.2, -0.15) is 0 Å². The maximum atomic E-state index is 3.61. The highest BCUT2D eigenvalue weighted by Crippen LogP contribution is 2.24. The van der Waals surface area contributed by atoms with Crippen LogP contribution in [-0.4, -0.2) is 11.1 Å². The number of aromatic nitrogens is 2. The largest absolute Gasteiger partial charge is 0.358 e. The quantitative estimate of drug-likeness (QED) is 0.718. The molecule has 1 aliphatic heterocycles. The second-order valence-corrected chi connectivity index (χ2v) is 6.25. The Kier molecular flexibility index (Phi) is 3.14. The Balaban J connectivity index is 1.94. The van der Waals surface area contributed by atoms with Crippen molar-refractivity contribution in [1.82, 2.24) is 4.57 Å². The molecule has 0 atom stereocenters. The first kappa shape index (κ1) is 13.4. The molecule has 0 bridgehead atoms. The molecule has 0 spiro atoms. The second kappa shape index (κ2) is 5.16. The molecule has 22 heavy (non-hydrogen) atoms. The molecular weight excluding hydrogens is 270 g/mol. The first-order chi connectivity index (χ1) is 10.7. The van der Waals surface area contributed by atoms with Crippen LogP contribution in [0, 0.1) is 13.8 Å². The van der Waals surface area contributed by atoms with Crippen LogP contribution in [0.15, 0.2) is 42.5 Å². The van der Waals surface area contributed by atoms with E-state index in [0.29, 0.717) is 0 Å². The van der Waals surface area contributed by atoms with Crippen molar-refractivity contribution in [3.8, 4) is 0 Å². The van der Waals surface area contributed by atoms with E-state index in [1.807, 2.05) is 0 Å². The lowest BCUT2D eigenvalue weighted by Crippen LogP contribution is -2.42. The van der Waals surface area contributed by atoms with Crippen molar-refractivity contribution in [1.29, 1.82) is 0 Å². The van der Waals surface area contributed by atoms with E-state index in [4.69, 9.17) is 0 Å². The predicted molar refractivity (Wildman–Crippen MR) is 90.3 cm³/mol. The van der Waals surface area contributed by atoms with Crippen molar-refractivity contribution in [2.75, 3.05) is 11.9 Å². The Morgan fingerprint density at radius 1 is 1.09 bits per heavy atom. The fraction of sp³-hybridized carbons (Fsp3) is 0.316. The Hall–Kier alpha value is -2.29. The van der Waals surface area contributed by atoms with E-state index in [0.717, 1.165) is 19.6 Å². The number of nitrogens with one attached hydrogen (secondary N) is 1. The number of aryl methyl sites for hydroxylation is 3. The van der Waals surface area contributed by atoms with Crippen molar-refractivity contribution >= 4 is 17.0 Å². The lowest BCUT2D eigenvalue weighted by Gasteiger charge is -2.11. The minimum absolute atomic E-state index is 0.912. The lowest BCUT2D eigenvalue weighted by molar-refractivity contribution is -0.661. The van der Waals surface area contributed by atoms with E-state index in [-0.39, 0.29) is 0 Å². The van der Waals surface area contributed by atoms with Crippen LogP contribution in [0.3, 0.4) is 0 Å². The highest BCUT2D eigenvalue weighted by atomic mass is 15.3. The summed E-state index contributed by atoms with van der Waals surface area (Å²) in [6, 6.07) is 15.4. The number of benzene rings is 2. The Bertz CT molecular complexity index is 831. The summed E-state index contributed by atoms with van der Waals surface area (Å²) in [6.45, 7) is 7.47. The van der Waals surface area contributed by atoms with Crippen molar-refractivity contribution in [2.45, 2.75) is 33.4 Å². The Morgan fingerprint density at radius 2 is 1.86 bits per heavy atom. The summed E-state index contributed by atoms with van der Waals surface area (Å²) in [5, 5.41) is 3.61. The van der Waals surface area contributed by atoms with E-state index in [2.05, 4.69) is 70.8 Å². The molecule has 2 aromatic carbocycles. The molecule has 0 amide bonds. The molecule has 0 aliphatic carbocycles. The first-order valence-corrected chi connectivity index (χ1v) is 8.05. The van der Waals surface area contributed by atoms with Gasteiger partial charge >= 0.3 is 5.95 Å². The van der Waals surface area contributed by atoms with Crippen molar-refractivity contribution in [2.24, 2.45) is 0 Å². The zero-order valence-electron chi connectivity index (χ0n) is 13.3. The summed E-state index contributed by atoms with van der Waals surface area (Å²) in [7, 11) is 0. The van der Waals surface area contributed by atoms with Gasteiger partial charge in [-0.15, -0.1) is 0 Å². The van der Waals surface area contributed by atoms with Crippen LogP contribution in [0.5, 0.6) is 0 Å². The van der Waals surface area contributed by atoms with E-state index < -0.39 is 0 Å². The van der Waals surface area contributed by atoms with Crippen molar-refractivity contribution in [3.63, 3.8) is 0 Å². The van der Waals surface area contributed by atoms with E-state index in [1.165, 1.54) is 40.1 Å². The van der Waals surface area contributed by atoms with Gasteiger partial charge in [0.15, 0.2) is 0 Å². The maximum absolute atomic E-state index is 3.61. The molecule has 0 saturated heterocycles. The minimum atomic E-state index is 0.912. The minimum Gasteiger partial charge on any atom is -0.277 e. The van der Waals surface area contributed by atoms with Crippen LogP contribution in [-0.2, 0) is 13.1 Å². The van der Waals surface area contributed by atoms with Gasteiger partial charge in [-0.1, -0.05) is 30.3 Å². The molecule has 4 rings (SSSR count). The standard InChI is InChI=1S/C19H21N3/c1-14-11-17-18(12-15(14)2)22(13-16-7-4-3-5-8-16)19-20-9-6-10-21(17)19/h3-5,7-8,11-12H,6,9-10,13H2,1-2H3/p+1. The van der Waals surface area contributed by atoms with E-state index in [1.54, 1.807) is 0 Å². The molecule has 0 radical (unpaired) electrons. The summed E-state index contributed by atoms with van der Waals surface area (Å²) < 4.78 is 4.87. The second-order valence-electron chi connectivity index (χ2n) is 6.25. The van der Waals surface area contributed by atoms with Crippen LogP contribution in [0.4, 0.5) is 5.95 Å². The smallest absolute Gasteiger partial charge is 0.277 e. The number of imidazole rings is 1. The van der Waals surface area contributed by atoms with Gasteiger partial charge < -0.3 is 0 Å². The Labute approximate surface area is 131 Å². The van der Waals surface area contributed by atoms with Gasteiger partial charge in [0.05, 0.1) is 19.6 Å². The SMILES string of the molecule is Cc1cc2c(cc1C)[n+]1c(n2Cc2ccccc2)NCCC1. The van der Waals surface area contributed by atoms with Gasteiger partial charge in [-0.25, -0.2) is 9.13 Å². The highest BCUT2D eigenvalue weighted by molar-refractivity contribution is 5.76. The van der Waals surface area contributed by atoms with Gasteiger partial charge in [0.2, 0.25) is 0 Å². The monoisotopic (exact) mass is 292 g/mol. The molecule has 1 aliphatic rings. The maximum Gasteiger partial charge on any atom is 0.358 e. The van der Waals surface area contributed by atoms with Crippen LogP contribution >= 0.6 is 0 Å². The van der Waals surface area contributed by atoms with Crippen LogP contribution in [0.1, 0.15) is 23.1 Å². The average molecular weight is 292 g/mol. The zero-order chi connectivity index (χ0) is 15.1. The molecule has 3 heteroatoms. The van der Waals surface area contributed by atoms with Gasteiger partial charge in [0, 0.05) is 6.42 Å². The molecule has 0 fully saturated rings. The Morgan fingerprint density at radius 3 is 2.68 bits per heavy atom. The van der Waals surface area contributed by atoms with Gasteiger partial charge in [-0.05, 0) is 42.7 Å². The third-order valence-corrected chi connectivity index (χ3v) is 4.71. The molecule has 3 aromatic rings. The summed E-state index contributed by atoms with van der Waals surface area (Å²) in [5.41, 5.74) is 6.74. The van der Waals surface area contributed by atoms with Crippen LogP contribution < -0.4 is 9.88 Å². The number of anilines is 1. The summed E-state index contributed by atoms with van der Waals surface area (Å²) in [4.78, 5) is 0. The average Bonchev–Trinajstić information content (AvgIpc) is 2.83. The molecule has 2 heterocycles. The summed E-state index contributed by atoms with van der Waals surface area (Å²) in [6.07, 6.45) is 1.19. The third-order valence-electron chi connectivity index (χ3n) is 4.71. The normalized spacial score (nSPS) is 13.9. The molecule has 0 unspecified atom stereocenters. The predicted octanol–water partition coefficient (Wildman–Crippen LogP) is 3.41.